The molecule has 160 valence electrons. The second-order valence-electron chi connectivity index (χ2n) is 6.78. The molecule has 0 unspecified atom stereocenters. The third kappa shape index (κ3) is 4.31. The van der Waals surface area contributed by atoms with Crippen LogP contribution >= 0.6 is 11.3 Å². The molecular weight excluding hydrogens is 438 g/mol. The van der Waals surface area contributed by atoms with Crippen LogP contribution < -0.4 is 16.0 Å². The summed E-state index contributed by atoms with van der Waals surface area (Å²) >= 11 is 1.46. The number of aromatic amines is 2. The van der Waals surface area contributed by atoms with Crippen LogP contribution in [0.25, 0.3) is 10.9 Å². The van der Waals surface area contributed by atoms with E-state index in [-0.39, 0.29) is 28.9 Å². The lowest BCUT2D eigenvalue weighted by Gasteiger charge is -2.23. The second-order valence-corrected chi connectivity index (χ2v) is 9.75. The number of hydrogen-bond donors (Lipinski definition) is 2. The predicted octanol–water partition coefficient (Wildman–Crippen LogP) is 2.68. The standard InChI is InChI=1S/C21H19N3O5S2/c1-29-19-7-3-2-5-14(19)12-24(13-15-6-4-10-30-15)31(27,28)16-8-9-18-17(11-16)20(25)23-21(26)22-18/h2-11H,12-13H2,1H3,(H2,22,23,25,26). The third-order valence-electron chi connectivity index (χ3n) is 4.80. The van der Waals surface area contributed by atoms with Crippen molar-refractivity contribution < 1.29 is 13.2 Å². The van der Waals surface area contributed by atoms with Gasteiger partial charge in [-0.05, 0) is 35.7 Å². The van der Waals surface area contributed by atoms with Crippen molar-refractivity contribution in [1.29, 1.82) is 0 Å². The Morgan fingerprint density at radius 3 is 2.55 bits per heavy atom. The number of ether oxygens (including phenoxy) is 1. The van der Waals surface area contributed by atoms with E-state index in [1.54, 1.807) is 6.07 Å². The number of H-pyrrole nitrogens is 2. The van der Waals surface area contributed by atoms with E-state index in [0.29, 0.717) is 11.3 Å². The van der Waals surface area contributed by atoms with Crippen LogP contribution in [0.3, 0.4) is 0 Å². The molecule has 0 atom stereocenters. The van der Waals surface area contributed by atoms with E-state index in [4.69, 9.17) is 4.74 Å². The van der Waals surface area contributed by atoms with Gasteiger partial charge in [0.05, 0.1) is 22.9 Å². The number of rotatable bonds is 7. The largest absolute Gasteiger partial charge is 0.496 e. The summed E-state index contributed by atoms with van der Waals surface area (Å²) in [4.78, 5) is 29.1. The van der Waals surface area contributed by atoms with Crippen molar-refractivity contribution in [3.8, 4) is 5.75 Å². The summed E-state index contributed by atoms with van der Waals surface area (Å²) in [5.41, 5.74) is -0.315. The fraction of sp³-hybridized carbons (Fsp3) is 0.143. The smallest absolute Gasteiger partial charge is 0.326 e. The maximum atomic E-state index is 13.6. The third-order valence-corrected chi connectivity index (χ3v) is 7.45. The molecule has 0 amide bonds. The molecule has 2 aromatic heterocycles. The summed E-state index contributed by atoms with van der Waals surface area (Å²) < 4.78 is 33.9. The van der Waals surface area contributed by atoms with E-state index in [0.717, 1.165) is 4.88 Å². The van der Waals surface area contributed by atoms with Gasteiger partial charge in [0, 0.05) is 23.5 Å². The zero-order valence-corrected chi connectivity index (χ0v) is 18.1. The number of thiophene rings is 1. The number of sulfonamides is 1. The van der Waals surface area contributed by atoms with Crippen molar-refractivity contribution in [3.63, 3.8) is 0 Å². The molecule has 2 N–H and O–H groups in total. The van der Waals surface area contributed by atoms with Crippen LogP contribution in [0.15, 0.2) is 74.5 Å². The monoisotopic (exact) mass is 457 g/mol. The Balaban J connectivity index is 1.80. The van der Waals surface area contributed by atoms with Gasteiger partial charge in [0.15, 0.2) is 0 Å². The number of nitrogens with one attached hydrogen (secondary N) is 2. The van der Waals surface area contributed by atoms with Gasteiger partial charge >= 0.3 is 5.69 Å². The lowest BCUT2D eigenvalue weighted by Crippen LogP contribution is -2.30. The van der Waals surface area contributed by atoms with Crippen molar-refractivity contribution in [2.45, 2.75) is 18.0 Å². The van der Waals surface area contributed by atoms with Crippen LogP contribution in [0.5, 0.6) is 5.75 Å². The quantitative estimate of drug-likeness (QED) is 0.443. The lowest BCUT2D eigenvalue weighted by molar-refractivity contribution is 0.377. The Bertz CT molecular complexity index is 1440. The van der Waals surface area contributed by atoms with Crippen LogP contribution in [0.1, 0.15) is 10.4 Å². The van der Waals surface area contributed by atoms with Gasteiger partial charge in [0.1, 0.15) is 5.75 Å². The van der Waals surface area contributed by atoms with Gasteiger partial charge in [-0.15, -0.1) is 11.3 Å². The molecule has 0 saturated carbocycles. The Kier molecular flexibility index (Phi) is 5.77. The molecule has 0 radical (unpaired) electrons. The van der Waals surface area contributed by atoms with E-state index < -0.39 is 21.3 Å². The molecule has 0 spiro atoms. The summed E-state index contributed by atoms with van der Waals surface area (Å²) in [6, 6.07) is 15.0. The first-order valence-corrected chi connectivity index (χ1v) is 11.6. The minimum atomic E-state index is -3.98. The minimum absolute atomic E-state index is 0.0380. The number of aromatic nitrogens is 2. The van der Waals surface area contributed by atoms with E-state index >= 15 is 0 Å². The first kappa shape index (κ1) is 21.0. The van der Waals surface area contributed by atoms with Crippen LogP contribution in [-0.4, -0.2) is 29.8 Å². The SMILES string of the molecule is COc1ccccc1CN(Cc1cccs1)S(=O)(=O)c1ccc2[nH]c(=O)[nH]c(=O)c2c1. The second kappa shape index (κ2) is 8.50. The molecule has 0 aliphatic heterocycles. The van der Waals surface area contributed by atoms with Gasteiger partial charge in [-0.3, -0.25) is 9.78 Å². The molecule has 0 fully saturated rings. The Morgan fingerprint density at radius 1 is 1.00 bits per heavy atom. The highest BCUT2D eigenvalue weighted by atomic mass is 32.2. The number of methoxy groups -OCH3 is 1. The molecule has 2 heterocycles. The van der Waals surface area contributed by atoms with Gasteiger partial charge in [-0.25, -0.2) is 13.2 Å². The number of para-hydroxylation sites is 1. The van der Waals surface area contributed by atoms with Crippen molar-refractivity contribution in [1.82, 2.24) is 14.3 Å². The summed E-state index contributed by atoms with van der Waals surface area (Å²) in [7, 11) is -2.44. The molecule has 4 rings (SSSR count). The summed E-state index contributed by atoms with van der Waals surface area (Å²) in [6.45, 7) is 0.252. The van der Waals surface area contributed by atoms with Crippen LogP contribution in [0.4, 0.5) is 0 Å². The number of fused-ring (bicyclic) bond motifs is 1. The first-order chi connectivity index (χ1) is 14.9. The Hall–Kier alpha value is -3.21. The van der Waals surface area contributed by atoms with Crippen molar-refractivity contribution in [3.05, 3.63) is 91.3 Å². The number of hydrogen-bond acceptors (Lipinski definition) is 6. The molecule has 10 heteroatoms. The normalized spacial score (nSPS) is 11.8. The molecule has 0 aliphatic carbocycles. The van der Waals surface area contributed by atoms with E-state index in [2.05, 4.69) is 9.97 Å². The summed E-state index contributed by atoms with van der Waals surface area (Å²) in [6.07, 6.45) is 0. The molecule has 0 aliphatic rings. The highest BCUT2D eigenvalue weighted by Crippen LogP contribution is 2.27. The van der Waals surface area contributed by atoms with Crippen LogP contribution in [0.2, 0.25) is 0 Å². The number of benzene rings is 2. The minimum Gasteiger partial charge on any atom is -0.496 e. The van der Waals surface area contributed by atoms with E-state index in [1.807, 2.05) is 35.7 Å². The van der Waals surface area contributed by atoms with Gasteiger partial charge in [-0.1, -0.05) is 24.3 Å². The zero-order valence-electron chi connectivity index (χ0n) is 16.5. The average molecular weight is 458 g/mol. The summed E-state index contributed by atoms with van der Waals surface area (Å²) in [5.74, 6) is 0.585. The summed E-state index contributed by atoms with van der Waals surface area (Å²) in [5, 5.41) is 1.98. The molecule has 8 nitrogen and oxygen atoms in total. The van der Waals surface area contributed by atoms with Gasteiger partial charge in [0.25, 0.3) is 5.56 Å². The lowest BCUT2D eigenvalue weighted by atomic mass is 10.2. The maximum Gasteiger partial charge on any atom is 0.326 e. The zero-order chi connectivity index (χ0) is 22.0. The predicted molar refractivity (Wildman–Crippen MR) is 119 cm³/mol. The number of nitrogens with zero attached hydrogens (tertiary/aromatic N) is 1. The Morgan fingerprint density at radius 2 is 1.81 bits per heavy atom. The maximum absolute atomic E-state index is 13.6. The van der Waals surface area contributed by atoms with Gasteiger partial charge < -0.3 is 9.72 Å². The first-order valence-electron chi connectivity index (χ1n) is 9.29. The fourth-order valence-electron chi connectivity index (χ4n) is 3.28. The van der Waals surface area contributed by atoms with Crippen LogP contribution in [-0.2, 0) is 23.1 Å². The average Bonchev–Trinajstić information content (AvgIpc) is 3.26. The van der Waals surface area contributed by atoms with Crippen molar-refractivity contribution >= 4 is 32.3 Å². The molecule has 2 aromatic carbocycles. The van der Waals surface area contributed by atoms with Gasteiger partial charge in [0.2, 0.25) is 10.0 Å². The highest BCUT2D eigenvalue weighted by molar-refractivity contribution is 7.89. The van der Waals surface area contributed by atoms with Crippen molar-refractivity contribution in [2.75, 3.05) is 7.11 Å². The van der Waals surface area contributed by atoms with Crippen molar-refractivity contribution in [2.24, 2.45) is 0 Å². The molecule has 4 aromatic rings. The highest BCUT2D eigenvalue weighted by Gasteiger charge is 2.27. The fourth-order valence-corrected chi connectivity index (χ4v) is 5.50. The topological polar surface area (TPSA) is 112 Å². The Labute approximate surface area is 181 Å². The molecule has 31 heavy (non-hydrogen) atoms. The van der Waals surface area contributed by atoms with Gasteiger partial charge in [-0.2, -0.15) is 4.31 Å². The van der Waals surface area contributed by atoms with E-state index in [1.165, 1.54) is 41.0 Å². The molecule has 0 saturated heterocycles. The molecular formula is C21H19N3O5S2. The van der Waals surface area contributed by atoms with E-state index in [9.17, 15) is 18.0 Å². The molecule has 0 bridgehead atoms. The van der Waals surface area contributed by atoms with Crippen LogP contribution in [0, 0.1) is 0 Å².